The molecule has 0 saturated carbocycles. The molecule has 0 amide bonds. The van der Waals surface area contributed by atoms with Gasteiger partial charge in [-0.15, -0.1) is 0 Å². The molecule has 1 heterocycles. The Morgan fingerprint density at radius 2 is 2.00 bits per heavy atom. The molecule has 0 radical (unpaired) electrons. The molecule has 1 aromatic rings. The van der Waals surface area contributed by atoms with Gasteiger partial charge in [0, 0.05) is 51.0 Å². The predicted octanol–water partition coefficient (Wildman–Crippen LogP) is 1.52. The van der Waals surface area contributed by atoms with Crippen LogP contribution < -0.4 is 15.5 Å². The van der Waals surface area contributed by atoms with Gasteiger partial charge in [-0.05, 0) is 44.0 Å². The number of nitrogens with two attached hydrogens (primary N) is 1. The molecule has 112 valence electrons. The van der Waals surface area contributed by atoms with Gasteiger partial charge in [-0.3, -0.25) is 0 Å². The number of benzene rings is 1. The minimum atomic E-state index is -0.809. The summed E-state index contributed by atoms with van der Waals surface area (Å²) in [5.41, 5.74) is 9.91. The lowest BCUT2D eigenvalue weighted by molar-refractivity contribution is 0.0535. The molecular formula is C16H27N3O. The summed E-state index contributed by atoms with van der Waals surface area (Å²) in [5.74, 6) is 0. The molecule has 0 spiro atoms. The quantitative estimate of drug-likeness (QED) is 0.876. The van der Waals surface area contributed by atoms with Gasteiger partial charge in [-0.1, -0.05) is 0 Å². The van der Waals surface area contributed by atoms with Gasteiger partial charge in [0.25, 0.3) is 0 Å². The first-order valence-corrected chi connectivity index (χ1v) is 7.46. The monoisotopic (exact) mass is 277 g/mol. The van der Waals surface area contributed by atoms with Gasteiger partial charge in [-0.25, -0.2) is 0 Å². The summed E-state index contributed by atoms with van der Waals surface area (Å²) < 4.78 is 0. The summed E-state index contributed by atoms with van der Waals surface area (Å²) in [5, 5.41) is 10.6. The molecule has 0 fully saturated rings. The van der Waals surface area contributed by atoms with Crippen molar-refractivity contribution in [3.05, 3.63) is 23.3 Å². The van der Waals surface area contributed by atoms with E-state index in [0.29, 0.717) is 19.5 Å². The van der Waals surface area contributed by atoms with E-state index in [0.717, 1.165) is 13.1 Å². The number of β-amino-alcohol motifs (C(OH)–C–C–N with tert-alkyl or cyclic N) is 1. The van der Waals surface area contributed by atoms with E-state index in [4.69, 9.17) is 5.73 Å². The Hall–Kier alpha value is -1.26. The Morgan fingerprint density at radius 1 is 1.35 bits per heavy atom. The van der Waals surface area contributed by atoms with Crippen molar-refractivity contribution in [2.75, 3.05) is 43.0 Å². The van der Waals surface area contributed by atoms with Gasteiger partial charge in [0.15, 0.2) is 0 Å². The zero-order valence-corrected chi connectivity index (χ0v) is 13.1. The van der Waals surface area contributed by atoms with E-state index >= 15 is 0 Å². The molecule has 1 atom stereocenters. The van der Waals surface area contributed by atoms with Crippen molar-refractivity contribution in [1.29, 1.82) is 0 Å². The second-order valence-corrected chi connectivity index (χ2v) is 5.90. The highest BCUT2D eigenvalue weighted by molar-refractivity contribution is 5.68. The molecule has 1 aliphatic heterocycles. The topological polar surface area (TPSA) is 52.7 Å². The van der Waals surface area contributed by atoms with Crippen LogP contribution in [0.1, 0.15) is 25.0 Å². The Kier molecular flexibility index (Phi) is 4.25. The lowest BCUT2D eigenvalue weighted by Gasteiger charge is -2.40. The van der Waals surface area contributed by atoms with Crippen molar-refractivity contribution in [3.8, 4) is 0 Å². The van der Waals surface area contributed by atoms with Crippen LogP contribution >= 0.6 is 0 Å². The maximum Gasteiger partial charge on any atom is 0.0983 e. The maximum absolute atomic E-state index is 10.6. The molecule has 1 unspecified atom stereocenters. The van der Waals surface area contributed by atoms with E-state index in [1.54, 1.807) is 0 Å². The lowest BCUT2D eigenvalue weighted by Crippen LogP contribution is -2.52. The molecule has 2 rings (SSSR count). The number of aryl methyl sites for hydroxylation is 1. The molecule has 4 heteroatoms. The van der Waals surface area contributed by atoms with Gasteiger partial charge >= 0.3 is 0 Å². The summed E-state index contributed by atoms with van der Waals surface area (Å²) in [6, 6.07) is 4.46. The van der Waals surface area contributed by atoms with Crippen LogP contribution in [0.5, 0.6) is 0 Å². The SMILES string of the molecule is CCN(CC)c1cc(C)c2c(c1)CC(O)(CN)CN2C. The average molecular weight is 277 g/mol. The zero-order valence-electron chi connectivity index (χ0n) is 13.1. The second kappa shape index (κ2) is 5.62. The van der Waals surface area contributed by atoms with Crippen molar-refractivity contribution < 1.29 is 5.11 Å². The number of likely N-dealkylation sites (N-methyl/N-ethyl adjacent to an activating group) is 1. The molecule has 0 bridgehead atoms. The van der Waals surface area contributed by atoms with Crippen LogP contribution in [0, 0.1) is 6.92 Å². The predicted molar refractivity (Wildman–Crippen MR) is 85.7 cm³/mol. The molecule has 0 aromatic heterocycles. The van der Waals surface area contributed by atoms with Crippen molar-refractivity contribution in [2.24, 2.45) is 5.73 Å². The van der Waals surface area contributed by atoms with Crippen molar-refractivity contribution in [2.45, 2.75) is 32.8 Å². The molecule has 3 N–H and O–H groups in total. The highest BCUT2D eigenvalue weighted by Gasteiger charge is 2.34. The number of hydrogen-bond donors (Lipinski definition) is 2. The van der Waals surface area contributed by atoms with Crippen LogP contribution in [0.4, 0.5) is 11.4 Å². The van der Waals surface area contributed by atoms with E-state index in [9.17, 15) is 5.11 Å². The second-order valence-electron chi connectivity index (χ2n) is 5.90. The van der Waals surface area contributed by atoms with Gasteiger partial charge < -0.3 is 20.6 Å². The molecule has 4 nitrogen and oxygen atoms in total. The summed E-state index contributed by atoms with van der Waals surface area (Å²) in [6.07, 6.45) is 0.638. The number of anilines is 2. The first kappa shape index (κ1) is 15.1. The van der Waals surface area contributed by atoms with Gasteiger partial charge in [0.2, 0.25) is 0 Å². The fraction of sp³-hybridized carbons (Fsp3) is 0.625. The van der Waals surface area contributed by atoms with E-state index in [1.165, 1.54) is 22.5 Å². The number of aliphatic hydroxyl groups is 1. The number of hydrogen-bond acceptors (Lipinski definition) is 4. The Balaban J connectivity index is 2.47. The smallest absolute Gasteiger partial charge is 0.0983 e. The fourth-order valence-electron chi connectivity index (χ4n) is 3.35. The summed E-state index contributed by atoms with van der Waals surface area (Å²) in [6.45, 7) is 9.36. The first-order chi connectivity index (χ1) is 9.44. The standard InChI is InChI=1S/C16H27N3O/c1-5-19(6-2)14-7-12(3)15-13(8-14)9-16(20,10-17)11-18(15)4/h7-8,20H,5-6,9-11,17H2,1-4H3. The van der Waals surface area contributed by atoms with Crippen LogP contribution in [-0.4, -0.2) is 43.9 Å². The van der Waals surface area contributed by atoms with E-state index < -0.39 is 5.60 Å². The van der Waals surface area contributed by atoms with E-state index in [1.807, 2.05) is 7.05 Å². The number of rotatable bonds is 4. The van der Waals surface area contributed by atoms with E-state index in [2.05, 4.69) is 42.7 Å². The van der Waals surface area contributed by atoms with Crippen LogP contribution in [0.15, 0.2) is 12.1 Å². The Morgan fingerprint density at radius 3 is 2.55 bits per heavy atom. The largest absolute Gasteiger partial charge is 0.386 e. The van der Waals surface area contributed by atoms with Crippen LogP contribution in [0.3, 0.4) is 0 Å². The summed E-state index contributed by atoms with van der Waals surface area (Å²) in [7, 11) is 2.03. The maximum atomic E-state index is 10.6. The van der Waals surface area contributed by atoms with Crippen molar-refractivity contribution in [3.63, 3.8) is 0 Å². The first-order valence-electron chi connectivity index (χ1n) is 7.46. The molecule has 0 saturated heterocycles. The summed E-state index contributed by atoms with van der Waals surface area (Å²) >= 11 is 0. The molecule has 1 aliphatic rings. The highest BCUT2D eigenvalue weighted by Crippen LogP contribution is 2.36. The highest BCUT2D eigenvalue weighted by atomic mass is 16.3. The fourth-order valence-corrected chi connectivity index (χ4v) is 3.35. The Bertz CT molecular complexity index is 485. The third kappa shape index (κ3) is 2.63. The molecule has 1 aromatic carbocycles. The van der Waals surface area contributed by atoms with Gasteiger partial charge in [0.05, 0.1) is 5.60 Å². The van der Waals surface area contributed by atoms with Crippen LogP contribution in [0.2, 0.25) is 0 Å². The van der Waals surface area contributed by atoms with Gasteiger partial charge in [0.1, 0.15) is 0 Å². The normalized spacial score (nSPS) is 21.8. The third-order valence-corrected chi connectivity index (χ3v) is 4.31. The minimum Gasteiger partial charge on any atom is -0.386 e. The Labute approximate surface area is 122 Å². The van der Waals surface area contributed by atoms with Crippen LogP contribution in [-0.2, 0) is 6.42 Å². The zero-order chi connectivity index (χ0) is 14.9. The summed E-state index contributed by atoms with van der Waals surface area (Å²) in [4.78, 5) is 4.47. The molecular weight excluding hydrogens is 250 g/mol. The van der Waals surface area contributed by atoms with Crippen molar-refractivity contribution >= 4 is 11.4 Å². The van der Waals surface area contributed by atoms with Crippen molar-refractivity contribution in [1.82, 2.24) is 0 Å². The number of nitrogens with zero attached hydrogens (tertiary/aromatic N) is 2. The minimum absolute atomic E-state index is 0.297. The van der Waals surface area contributed by atoms with Crippen LogP contribution in [0.25, 0.3) is 0 Å². The average Bonchev–Trinajstić information content (AvgIpc) is 2.39. The van der Waals surface area contributed by atoms with Gasteiger partial charge in [-0.2, -0.15) is 0 Å². The molecule has 20 heavy (non-hydrogen) atoms. The third-order valence-electron chi connectivity index (χ3n) is 4.31. The van der Waals surface area contributed by atoms with E-state index in [-0.39, 0.29) is 0 Å². The lowest BCUT2D eigenvalue weighted by atomic mass is 9.87. The number of fused-ring (bicyclic) bond motifs is 1. The molecule has 0 aliphatic carbocycles.